The van der Waals surface area contributed by atoms with Crippen LogP contribution in [0.4, 0.5) is 0 Å². The predicted molar refractivity (Wildman–Crippen MR) is 211 cm³/mol. The van der Waals surface area contributed by atoms with Gasteiger partial charge in [0.25, 0.3) is 0 Å². The van der Waals surface area contributed by atoms with Crippen molar-refractivity contribution < 1.29 is 57.9 Å². The van der Waals surface area contributed by atoms with Crippen LogP contribution < -0.4 is 10.6 Å². The monoisotopic (exact) mass is 898 g/mol. The minimum atomic E-state index is -1.33. The summed E-state index contributed by atoms with van der Waals surface area (Å²) in [6.07, 6.45) is 1.60. The first kappa shape index (κ1) is 47.6. The average molecular weight is 901 g/mol. The van der Waals surface area contributed by atoms with Crippen LogP contribution in [0.3, 0.4) is 0 Å². The van der Waals surface area contributed by atoms with Gasteiger partial charge in [0.15, 0.2) is 5.78 Å². The minimum Gasteiger partial charge on any atom is -0.481 e. The standard InChI is InChI=1S/C39H52Br2N2O12/c40-24-28-5-7-29(8-6-28)31-9-10-33(25-41)30(21-31)3-1-2-4-34(44)26-54-19-17-53-16-14-43-37(47)27-55-20-18-52-15-13-42-36(46)12-11-32(39(50)51)22-35(45)23-38(48)49/h5-10,21,32H,1-4,11-20,22-27H2,(H,42,46)(H,43,47)(H,48,49)(H,50,51). The molecule has 2 aromatic rings. The number of ketones is 2. The Kier molecular flexibility index (Phi) is 24.9. The van der Waals surface area contributed by atoms with Crippen molar-refractivity contribution in [2.75, 3.05) is 65.9 Å². The summed E-state index contributed by atoms with van der Waals surface area (Å²) < 4.78 is 21.5. The van der Waals surface area contributed by atoms with E-state index in [1.54, 1.807) is 0 Å². The van der Waals surface area contributed by atoms with E-state index < -0.39 is 42.4 Å². The number of nitrogens with one attached hydrogen (secondary N) is 2. The first-order valence-electron chi connectivity index (χ1n) is 18.2. The van der Waals surface area contributed by atoms with Crippen molar-refractivity contribution in [3.05, 3.63) is 59.2 Å². The zero-order chi connectivity index (χ0) is 40.3. The molecular formula is C39H52Br2N2O12. The lowest BCUT2D eigenvalue weighted by Gasteiger charge is -2.11. The SMILES string of the molecule is O=C(O)CC(=O)CC(CCC(=O)NCCOCCOCC(=O)NCCOCCOCC(=O)CCCCc1cc(-c2ccc(CBr)cc2)ccc1CBr)C(=O)O. The van der Waals surface area contributed by atoms with E-state index in [0.29, 0.717) is 13.0 Å². The first-order valence-corrected chi connectivity index (χ1v) is 20.4. The number of alkyl halides is 2. The van der Waals surface area contributed by atoms with E-state index in [0.717, 1.165) is 29.9 Å². The summed E-state index contributed by atoms with van der Waals surface area (Å²) in [4.78, 5) is 69.6. The minimum absolute atomic E-state index is 0.0418. The summed E-state index contributed by atoms with van der Waals surface area (Å²) >= 11 is 7.08. The number of aryl methyl sites for hydroxylation is 1. The third-order valence-electron chi connectivity index (χ3n) is 8.21. The Morgan fingerprint density at radius 2 is 1.25 bits per heavy atom. The van der Waals surface area contributed by atoms with Crippen molar-refractivity contribution in [2.45, 2.75) is 62.0 Å². The Morgan fingerprint density at radius 1 is 0.636 bits per heavy atom. The fourth-order valence-corrected chi connectivity index (χ4v) is 6.17. The molecule has 2 rings (SSSR count). The molecular weight excluding hydrogens is 848 g/mol. The highest BCUT2D eigenvalue weighted by molar-refractivity contribution is 9.08. The van der Waals surface area contributed by atoms with Crippen molar-refractivity contribution in [3.63, 3.8) is 0 Å². The second-order valence-corrected chi connectivity index (χ2v) is 13.7. The number of carbonyl (C=O) groups is 6. The second kappa shape index (κ2) is 28.8. The molecule has 304 valence electrons. The number of aliphatic carboxylic acids is 2. The van der Waals surface area contributed by atoms with Gasteiger partial charge in [0, 0.05) is 43.0 Å². The number of rotatable bonds is 32. The molecule has 2 aromatic carbocycles. The summed E-state index contributed by atoms with van der Waals surface area (Å²) in [5.41, 5.74) is 6.14. The van der Waals surface area contributed by atoms with Crippen LogP contribution in [0.5, 0.6) is 0 Å². The number of carbonyl (C=O) groups excluding carboxylic acids is 4. The van der Waals surface area contributed by atoms with Gasteiger partial charge in [0.2, 0.25) is 11.8 Å². The lowest BCUT2D eigenvalue weighted by atomic mass is 9.96. The summed E-state index contributed by atoms with van der Waals surface area (Å²) in [6, 6.07) is 15.1. The second-order valence-electron chi connectivity index (χ2n) is 12.6. The Morgan fingerprint density at radius 3 is 1.87 bits per heavy atom. The summed E-state index contributed by atoms with van der Waals surface area (Å²) in [6.45, 7) is 1.67. The van der Waals surface area contributed by atoms with Crippen molar-refractivity contribution in [1.29, 1.82) is 0 Å². The van der Waals surface area contributed by atoms with E-state index in [1.165, 1.54) is 27.8 Å². The molecule has 14 nitrogen and oxygen atoms in total. The highest BCUT2D eigenvalue weighted by Crippen LogP contribution is 2.26. The molecule has 0 saturated heterocycles. The van der Waals surface area contributed by atoms with E-state index in [9.17, 15) is 33.9 Å². The highest BCUT2D eigenvalue weighted by atomic mass is 79.9. The fourth-order valence-electron chi connectivity index (χ4n) is 5.25. The molecule has 0 radical (unpaired) electrons. The number of Topliss-reactive ketones (excluding diaryl/α,β-unsaturated/α-hetero) is 2. The van der Waals surface area contributed by atoms with Crippen molar-refractivity contribution >= 4 is 67.2 Å². The van der Waals surface area contributed by atoms with Crippen LogP contribution in [-0.2, 0) is 64.8 Å². The van der Waals surface area contributed by atoms with Gasteiger partial charge in [-0.1, -0.05) is 74.3 Å². The van der Waals surface area contributed by atoms with Gasteiger partial charge in [0.1, 0.15) is 25.4 Å². The molecule has 4 N–H and O–H groups in total. The molecule has 0 bridgehead atoms. The van der Waals surface area contributed by atoms with E-state index in [1.807, 2.05) is 0 Å². The molecule has 0 aliphatic rings. The van der Waals surface area contributed by atoms with Gasteiger partial charge in [-0.15, -0.1) is 0 Å². The van der Waals surface area contributed by atoms with Crippen molar-refractivity contribution in [1.82, 2.24) is 10.6 Å². The van der Waals surface area contributed by atoms with Crippen LogP contribution >= 0.6 is 31.9 Å². The fraction of sp³-hybridized carbons (Fsp3) is 0.538. The Balaban J connectivity index is 1.41. The molecule has 1 atom stereocenters. The number of hydrogen-bond acceptors (Lipinski definition) is 10. The number of carboxylic acids is 2. The maximum absolute atomic E-state index is 12.3. The molecule has 2 amide bonds. The molecule has 0 fully saturated rings. The van der Waals surface area contributed by atoms with Crippen LogP contribution in [0.15, 0.2) is 42.5 Å². The number of halogens is 2. The molecule has 1 unspecified atom stereocenters. The molecule has 0 heterocycles. The van der Waals surface area contributed by atoms with Gasteiger partial charge in [0.05, 0.1) is 45.6 Å². The zero-order valence-electron chi connectivity index (χ0n) is 31.0. The van der Waals surface area contributed by atoms with Crippen molar-refractivity contribution in [3.8, 4) is 11.1 Å². The third-order valence-corrected chi connectivity index (χ3v) is 9.46. The van der Waals surface area contributed by atoms with E-state index >= 15 is 0 Å². The molecule has 0 saturated carbocycles. The molecule has 55 heavy (non-hydrogen) atoms. The Hall–Kier alpha value is -3.54. The topological polar surface area (TPSA) is 204 Å². The zero-order valence-corrected chi connectivity index (χ0v) is 34.2. The molecule has 0 aliphatic heterocycles. The third kappa shape index (κ3) is 22.0. The van der Waals surface area contributed by atoms with E-state index in [-0.39, 0.29) is 83.9 Å². The number of hydrogen-bond donors (Lipinski definition) is 4. The number of amides is 2. The van der Waals surface area contributed by atoms with E-state index in [2.05, 4.69) is 85.0 Å². The van der Waals surface area contributed by atoms with Gasteiger partial charge in [-0.25, -0.2) is 0 Å². The Bertz CT molecular complexity index is 1510. The van der Waals surface area contributed by atoms with E-state index in [4.69, 9.17) is 24.1 Å². The summed E-state index contributed by atoms with van der Waals surface area (Å²) in [7, 11) is 0. The van der Waals surface area contributed by atoms with Crippen LogP contribution in [0.1, 0.15) is 61.6 Å². The molecule has 0 aromatic heterocycles. The maximum atomic E-state index is 12.3. The molecule has 0 aliphatic carbocycles. The van der Waals surface area contributed by atoms with Crippen LogP contribution in [0.2, 0.25) is 0 Å². The lowest BCUT2D eigenvalue weighted by molar-refractivity contribution is -0.146. The maximum Gasteiger partial charge on any atom is 0.310 e. The van der Waals surface area contributed by atoms with Gasteiger partial charge in [-0.3, -0.25) is 28.8 Å². The quantitative estimate of drug-likeness (QED) is 0.0451. The molecule has 0 spiro atoms. The van der Waals surface area contributed by atoms with Crippen LogP contribution in [0, 0.1) is 5.92 Å². The number of carboxylic acid groups (broad SMARTS) is 2. The smallest absolute Gasteiger partial charge is 0.310 e. The predicted octanol–water partition coefficient (Wildman–Crippen LogP) is 4.64. The van der Waals surface area contributed by atoms with Gasteiger partial charge in [-0.05, 0) is 53.5 Å². The highest BCUT2D eigenvalue weighted by Gasteiger charge is 2.23. The average Bonchev–Trinajstić information content (AvgIpc) is 3.16. The van der Waals surface area contributed by atoms with Crippen LogP contribution in [-0.4, -0.2) is 111 Å². The molecule has 16 heteroatoms. The summed E-state index contributed by atoms with van der Waals surface area (Å²) in [5, 5.41) is 24.7. The number of ether oxygens (including phenoxy) is 4. The Labute approximate surface area is 338 Å². The number of unbranched alkanes of at least 4 members (excludes halogenated alkanes) is 1. The van der Waals surface area contributed by atoms with Gasteiger partial charge in [-0.2, -0.15) is 0 Å². The largest absolute Gasteiger partial charge is 0.481 e. The first-order chi connectivity index (χ1) is 26.5. The lowest BCUT2D eigenvalue weighted by Crippen LogP contribution is -2.31. The number of benzene rings is 2. The summed E-state index contributed by atoms with van der Waals surface area (Å²) in [5.74, 6) is -5.14. The van der Waals surface area contributed by atoms with Gasteiger partial charge < -0.3 is 39.8 Å². The van der Waals surface area contributed by atoms with Crippen molar-refractivity contribution in [2.24, 2.45) is 5.92 Å². The normalized spacial score (nSPS) is 11.5. The van der Waals surface area contributed by atoms with Gasteiger partial charge >= 0.3 is 11.9 Å². The van der Waals surface area contributed by atoms with Crippen LogP contribution in [0.25, 0.3) is 11.1 Å².